The first-order valence-electron chi connectivity index (χ1n) is 7.87. The molecule has 26 heavy (non-hydrogen) atoms. The van der Waals surface area contributed by atoms with Crippen molar-refractivity contribution in [1.29, 1.82) is 0 Å². The highest BCUT2D eigenvalue weighted by atomic mass is 32.2. The van der Waals surface area contributed by atoms with Gasteiger partial charge < -0.3 is 10.1 Å². The van der Waals surface area contributed by atoms with Crippen LogP contribution in [-0.2, 0) is 11.4 Å². The zero-order chi connectivity index (χ0) is 18.4. The number of hydrogen-bond acceptors (Lipinski definition) is 5. The Morgan fingerprint density at radius 2 is 1.92 bits per heavy atom. The third-order valence-corrected chi connectivity index (χ3v) is 4.22. The van der Waals surface area contributed by atoms with E-state index in [-0.39, 0.29) is 24.1 Å². The van der Waals surface area contributed by atoms with Gasteiger partial charge >= 0.3 is 0 Å². The van der Waals surface area contributed by atoms with Gasteiger partial charge in [0.25, 0.3) is 0 Å². The van der Waals surface area contributed by atoms with Gasteiger partial charge in [-0.2, -0.15) is 0 Å². The minimum atomic E-state index is -0.349. The van der Waals surface area contributed by atoms with Crippen LogP contribution in [0.3, 0.4) is 0 Å². The Balaban J connectivity index is 1.45. The number of aryl methyl sites for hydroxylation is 1. The third-order valence-electron chi connectivity index (χ3n) is 3.37. The average Bonchev–Trinajstić information content (AvgIpc) is 3.09. The number of H-pyrrole nitrogens is 1. The van der Waals surface area contributed by atoms with Gasteiger partial charge in [0.15, 0.2) is 5.82 Å². The highest BCUT2D eigenvalue weighted by molar-refractivity contribution is 7.99. The topological polar surface area (TPSA) is 79.9 Å². The number of carbonyl (C=O) groups excluding carboxylic acids is 1. The lowest BCUT2D eigenvalue weighted by Crippen LogP contribution is -2.14. The lowest BCUT2D eigenvalue weighted by molar-refractivity contribution is -0.113. The lowest BCUT2D eigenvalue weighted by Gasteiger charge is -2.04. The van der Waals surface area contributed by atoms with Gasteiger partial charge in [0, 0.05) is 5.69 Å². The minimum absolute atomic E-state index is 0.146. The van der Waals surface area contributed by atoms with E-state index in [2.05, 4.69) is 20.5 Å². The van der Waals surface area contributed by atoms with Crippen LogP contribution >= 0.6 is 11.8 Å². The molecule has 3 rings (SSSR count). The Hall–Kier alpha value is -2.87. The molecule has 0 atom stereocenters. The number of nitrogens with zero attached hydrogens (tertiary/aromatic N) is 2. The van der Waals surface area contributed by atoms with Crippen molar-refractivity contribution in [3.8, 4) is 5.75 Å². The average molecular weight is 372 g/mol. The molecule has 0 radical (unpaired) electrons. The van der Waals surface area contributed by atoms with E-state index in [1.165, 1.54) is 36.0 Å². The monoisotopic (exact) mass is 372 g/mol. The minimum Gasteiger partial charge on any atom is -0.486 e. The van der Waals surface area contributed by atoms with E-state index in [4.69, 9.17) is 4.74 Å². The van der Waals surface area contributed by atoms with Gasteiger partial charge in [-0.25, -0.2) is 9.37 Å². The molecule has 3 aromatic rings. The van der Waals surface area contributed by atoms with Crippen molar-refractivity contribution in [1.82, 2.24) is 15.2 Å². The van der Waals surface area contributed by atoms with E-state index < -0.39 is 0 Å². The van der Waals surface area contributed by atoms with Crippen LogP contribution in [0.5, 0.6) is 5.75 Å². The molecule has 2 N–H and O–H groups in total. The Morgan fingerprint density at radius 1 is 1.19 bits per heavy atom. The molecule has 1 aromatic heterocycles. The summed E-state index contributed by atoms with van der Waals surface area (Å²) in [7, 11) is 0. The molecule has 0 unspecified atom stereocenters. The van der Waals surface area contributed by atoms with Gasteiger partial charge in [0.1, 0.15) is 18.2 Å². The first kappa shape index (κ1) is 17.9. The highest BCUT2D eigenvalue weighted by Gasteiger charge is 2.09. The van der Waals surface area contributed by atoms with E-state index in [1.807, 2.05) is 31.2 Å². The lowest BCUT2D eigenvalue weighted by atomic mass is 10.2. The van der Waals surface area contributed by atoms with Crippen molar-refractivity contribution in [3.63, 3.8) is 0 Å². The molecular formula is C18H17FN4O2S. The molecule has 2 aromatic carbocycles. The fourth-order valence-electron chi connectivity index (χ4n) is 2.05. The number of thioether (sulfide) groups is 1. The molecule has 0 spiro atoms. The Morgan fingerprint density at radius 3 is 2.65 bits per heavy atom. The normalized spacial score (nSPS) is 10.5. The number of nitrogens with one attached hydrogen (secondary N) is 2. The molecule has 0 aliphatic carbocycles. The summed E-state index contributed by atoms with van der Waals surface area (Å²) in [5, 5.41) is 9.98. The van der Waals surface area contributed by atoms with E-state index >= 15 is 0 Å². The molecule has 0 aliphatic heterocycles. The largest absolute Gasteiger partial charge is 0.486 e. The number of halogens is 1. The fourth-order valence-corrected chi connectivity index (χ4v) is 2.67. The second-order valence-corrected chi connectivity index (χ2v) is 6.45. The van der Waals surface area contributed by atoms with E-state index in [0.717, 1.165) is 11.3 Å². The zero-order valence-corrected chi connectivity index (χ0v) is 14.8. The number of ether oxygens (including phenoxy) is 1. The van der Waals surface area contributed by atoms with Crippen LogP contribution in [0.15, 0.2) is 53.7 Å². The van der Waals surface area contributed by atoms with Crippen LogP contribution in [0.1, 0.15) is 11.4 Å². The second kappa shape index (κ2) is 8.48. The van der Waals surface area contributed by atoms with Crippen LogP contribution in [0.2, 0.25) is 0 Å². The third kappa shape index (κ3) is 5.32. The Kier molecular flexibility index (Phi) is 5.85. The predicted molar refractivity (Wildman–Crippen MR) is 97.6 cm³/mol. The van der Waals surface area contributed by atoms with Crippen molar-refractivity contribution >= 4 is 23.4 Å². The number of amides is 1. The van der Waals surface area contributed by atoms with E-state index in [1.54, 1.807) is 0 Å². The van der Waals surface area contributed by atoms with Crippen molar-refractivity contribution in [2.24, 2.45) is 0 Å². The van der Waals surface area contributed by atoms with Crippen LogP contribution in [0, 0.1) is 12.7 Å². The summed E-state index contributed by atoms with van der Waals surface area (Å²) in [6.45, 7) is 2.27. The van der Waals surface area contributed by atoms with Gasteiger partial charge in [-0.05, 0) is 43.3 Å². The molecular weight excluding hydrogens is 355 g/mol. The van der Waals surface area contributed by atoms with Gasteiger partial charge in [-0.3, -0.25) is 9.89 Å². The molecule has 8 heteroatoms. The molecule has 0 aliphatic rings. The summed E-state index contributed by atoms with van der Waals surface area (Å²) >= 11 is 1.20. The Bertz CT molecular complexity index is 866. The smallest absolute Gasteiger partial charge is 0.234 e. The fraction of sp³-hybridized carbons (Fsp3) is 0.167. The van der Waals surface area contributed by atoms with E-state index in [0.29, 0.717) is 16.7 Å². The number of rotatable bonds is 7. The predicted octanol–water partition coefficient (Wildman–Crippen LogP) is 3.56. The molecule has 6 nitrogen and oxygen atoms in total. The summed E-state index contributed by atoms with van der Waals surface area (Å²) < 4.78 is 18.5. The highest BCUT2D eigenvalue weighted by Crippen LogP contribution is 2.16. The first-order chi connectivity index (χ1) is 12.6. The summed E-state index contributed by atoms with van der Waals surface area (Å²) in [6, 6.07) is 13.3. The maximum Gasteiger partial charge on any atom is 0.234 e. The second-order valence-electron chi connectivity index (χ2n) is 5.51. The summed E-state index contributed by atoms with van der Waals surface area (Å²) in [5.74, 6) is 0.905. The van der Waals surface area contributed by atoms with Crippen molar-refractivity contribution in [2.45, 2.75) is 18.7 Å². The number of carbonyl (C=O) groups is 1. The van der Waals surface area contributed by atoms with Crippen LogP contribution in [-0.4, -0.2) is 26.8 Å². The number of hydrogen-bond donors (Lipinski definition) is 2. The van der Waals surface area contributed by atoms with E-state index in [9.17, 15) is 9.18 Å². The SMILES string of the molecule is Cc1ccc(OCc2nc(SCC(=O)Nc3ccc(F)cc3)n[nH]2)cc1. The maximum absolute atomic E-state index is 12.8. The number of anilines is 1. The number of aromatic amines is 1. The molecule has 134 valence electrons. The van der Waals surface area contributed by atoms with Gasteiger partial charge in [0.05, 0.1) is 5.75 Å². The van der Waals surface area contributed by atoms with Crippen LogP contribution in [0.25, 0.3) is 0 Å². The first-order valence-corrected chi connectivity index (χ1v) is 8.86. The van der Waals surface area contributed by atoms with Crippen LogP contribution < -0.4 is 10.1 Å². The van der Waals surface area contributed by atoms with Crippen molar-refractivity contribution in [3.05, 3.63) is 65.7 Å². The molecule has 0 bridgehead atoms. The molecule has 0 saturated carbocycles. The molecule has 1 amide bonds. The van der Waals surface area contributed by atoms with Gasteiger partial charge in [0.2, 0.25) is 11.1 Å². The molecule has 1 heterocycles. The summed E-state index contributed by atoms with van der Waals surface area (Å²) in [4.78, 5) is 16.2. The summed E-state index contributed by atoms with van der Waals surface area (Å²) in [5.41, 5.74) is 1.70. The molecule has 0 saturated heterocycles. The number of aromatic nitrogens is 3. The quantitative estimate of drug-likeness (QED) is 0.620. The van der Waals surface area contributed by atoms with Crippen molar-refractivity contribution < 1.29 is 13.9 Å². The Labute approximate surface area is 154 Å². The van der Waals surface area contributed by atoms with Gasteiger partial charge in [-0.15, -0.1) is 5.10 Å². The standard InChI is InChI=1S/C18H17FN4O2S/c1-12-2-8-15(9-3-12)25-10-16-21-18(23-22-16)26-11-17(24)20-14-6-4-13(19)5-7-14/h2-9H,10-11H2,1H3,(H,20,24)(H,21,22,23). The van der Waals surface area contributed by atoms with Crippen molar-refractivity contribution in [2.75, 3.05) is 11.1 Å². The maximum atomic E-state index is 12.8. The summed E-state index contributed by atoms with van der Waals surface area (Å²) in [6.07, 6.45) is 0. The zero-order valence-electron chi connectivity index (χ0n) is 14.0. The van der Waals surface area contributed by atoms with Gasteiger partial charge in [-0.1, -0.05) is 29.5 Å². The van der Waals surface area contributed by atoms with Crippen LogP contribution in [0.4, 0.5) is 10.1 Å². The molecule has 0 fully saturated rings. The number of benzene rings is 2.